The van der Waals surface area contributed by atoms with Crippen LogP contribution in [0.25, 0.3) is 0 Å². The van der Waals surface area contributed by atoms with Gasteiger partial charge in [0, 0.05) is 0 Å². The van der Waals surface area contributed by atoms with Gasteiger partial charge in [0.2, 0.25) is 6.29 Å². The second kappa shape index (κ2) is 27.7. The van der Waals surface area contributed by atoms with Gasteiger partial charge in [-0.1, -0.05) is 60.1 Å². The lowest BCUT2D eigenvalue weighted by atomic mass is 9.33. The van der Waals surface area contributed by atoms with Crippen molar-refractivity contribution in [2.24, 2.45) is 50.2 Å². The molecule has 0 radical (unpaired) electrons. The SMILES string of the molecule is C[C@@H]1O[C@@H](O[C@H]2[C@H](O)[C@@H](O)[C@H](OC[C@H]3O[C@@H](OC(=O)[C@]45CCC(C)(C)C[C@H]4C4=CC[C@@H]6[C@@]7(C)CCC(O[C@@H]8OC[C@H](O)[C@H](O)[C@H]8O[C@@H]8O[C@@H](C)[C@H](O)[C@@H](O[C@@H]9O[C@H](CO)[C@@H](O)[C@H](O)[C@H]9O)[C@H]8O)C(C)(C)[C@@H]7CC[C@@]6(C)[C@]4(C)CC5)[C@H](O)[C@@H](O)[C@@H]3O)O[C@@H]2CO)[C@H](O)[C@H](O)[C@H]1O. The Morgan fingerprint density at radius 1 is 0.495 bits per heavy atom. The highest BCUT2D eigenvalue weighted by molar-refractivity contribution is 5.79. The lowest BCUT2D eigenvalue weighted by Crippen LogP contribution is -2.66. The summed E-state index contributed by atoms with van der Waals surface area (Å²) in [7, 11) is 0. The van der Waals surface area contributed by atoms with Gasteiger partial charge < -0.3 is 144 Å². The molecule has 17 N–H and O–H groups in total. The number of ether oxygens (including phenoxy) is 12. The predicted octanol–water partition coefficient (Wildman–Crippen LogP) is -3.69. The number of carbonyl (C=O) groups excluding carboxylic acids is 1. The molecule has 0 aromatic rings. The summed E-state index contributed by atoms with van der Waals surface area (Å²) in [6, 6.07) is 0. The smallest absolute Gasteiger partial charge is 0.315 e. The third kappa shape index (κ3) is 12.9. The Morgan fingerprint density at radius 3 is 1.71 bits per heavy atom. The van der Waals surface area contributed by atoms with Crippen LogP contribution in [0.15, 0.2) is 11.6 Å². The molecule has 0 aromatic heterocycles. The molecule has 6 heterocycles. The van der Waals surface area contributed by atoms with E-state index in [1.807, 2.05) is 0 Å². The van der Waals surface area contributed by atoms with E-state index in [4.69, 9.17) is 56.8 Å². The van der Waals surface area contributed by atoms with Crippen molar-refractivity contribution in [2.45, 2.75) is 311 Å². The Hall–Kier alpha value is -1.91. The summed E-state index contributed by atoms with van der Waals surface area (Å²) in [5.41, 5.74) is -1.49. The monoisotopic (exact) mass is 1370 g/mol. The van der Waals surface area contributed by atoms with E-state index in [2.05, 4.69) is 54.5 Å². The highest BCUT2D eigenvalue weighted by atomic mass is 16.8. The lowest BCUT2D eigenvalue weighted by Gasteiger charge is -2.71. The molecule has 6 aliphatic heterocycles. The molecule has 11 aliphatic rings. The number of aliphatic hydroxyl groups is 17. The Balaban J connectivity index is 0.762. The molecular formula is C65H106O30. The van der Waals surface area contributed by atoms with Crippen LogP contribution in [0.4, 0.5) is 0 Å². The maximum absolute atomic E-state index is 15.3. The zero-order chi connectivity index (χ0) is 69.3. The molecule has 95 heavy (non-hydrogen) atoms. The molecule has 4 saturated carbocycles. The minimum absolute atomic E-state index is 0.0952. The summed E-state index contributed by atoms with van der Waals surface area (Å²) in [4.78, 5) is 15.3. The zero-order valence-electron chi connectivity index (χ0n) is 55.4. The molecule has 0 spiro atoms. The summed E-state index contributed by atoms with van der Waals surface area (Å²) in [5.74, 6) is -0.646. The van der Waals surface area contributed by atoms with E-state index in [0.29, 0.717) is 44.9 Å². The van der Waals surface area contributed by atoms with Crippen LogP contribution in [0.5, 0.6) is 0 Å². The van der Waals surface area contributed by atoms with Crippen LogP contribution < -0.4 is 0 Å². The molecule has 0 aromatic carbocycles. The number of esters is 1. The molecule has 0 bridgehead atoms. The third-order valence-corrected chi connectivity index (χ3v) is 25.2. The normalized spacial score (nSPS) is 54.6. The summed E-state index contributed by atoms with van der Waals surface area (Å²) < 4.78 is 71.6. The van der Waals surface area contributed by atoms with Crippen LogP contribution in [-0.2, 0) is 61.6 Å². The molecule has 11 rings (SSSR count). The van der Waals surface area contributed by atoms with Crippen molar-refractivity contribution in [3.63, 3.8) is 0 Å². The van der Waals surface area contributed by atoms with Crippen molar-refractivity contribution in [1.29, 1.82) is 0 Å². The predicted molar refractivity (Wildman–Crippen MR) is 319 cm³/mol. The molecule has 6 saturated heterocycles. The molecular weight excluding hydrogens is 1260 g/mol. The maximum atomic E-state index is 15.3. The van der Waals surface area contributed by atoms with Crippen LogP contribution in [0, 0.1) is 50.2 Å². The number of fused-ring (bicyclic) bond motifs is 7. The van der Waals surface area contributed by atoms with Crippen LogP contribution in [0.3, 0.4) is 0 Å². The minimum Gasteiger partial charge on any atom is -0.432 e. The zero-order valence-corrected chi connectivity index (χ0v) is 55.4. The fourth-order valence-electron chi connectivity index (χ4n) is 19.0. The van der Waals surface area contributed by atoms with E-state index in [0.717, 1.165) is 19.3 Å². The first-order valence-corrected chi connectivity index (χ1v) is 34.0. The lowest BCUT2D eigenvalue weighted by molar-refractivity contribution is -0.382. The molecule has 1 unspecified atom stereocenters. The number of hydrogen-bond donors (Lipinski definition) is 17. The molecule has 0 amide bonds. The molecule has 546 valence electrons. The van der Waals surface area contributed by atoms with Gasteiger partial charge in [-0.25, -0.2) is 0 Å². The Kier molecular flexibility index (Phi) is 21.7. The molecule has 10 fully saturated rings. The van der Waals surface area contributed by atoms with Gasteiger partial charge in [0.25, 0.3) is 0 Å². The first kappa shape index (κ1) is 74.3. The van der Waals surface area contributed by atoms with Gasteiger partial charge in [0.05, 0.1) is 50.2 Å². The van der Waals surface area contributed by atoms with Crippen molar-refractivity contribution in [1.82, 2.24) is 0 Å². The summed E-state index contributed by atoms with van der Waals surface area (Å²) >= 11 is 0. The number of hydrogen-bond acceptors (Lipinski definition) is 30. The number of aliphatic hydroxyl groups excluding tert-OH is 17. The first-order valence-electron chi connectivity index (χ1n) is 34.0. The fraction of sp³-hybridized carbons (Fsp3) is 0.954. The highest BCUT2D eigenvalue weighted by Crippen LogP contribution is 2.76. The van der Waals surface area contributed by atoms with Crippen LogP contribution in [-0.4, -0.2) is 303 Å². The molecule has 30 heteroatoms. The maximum Gasteiger partial charge on any atom is 0.315 e. The summed E-state index contributed by atoms with van der Waals surface area (Å²) in [5, 5.41) is 184. The van der Waals surface area contributed by atoms with Crippen LogP contribution in [0.1, 0.15) is 127 Å². The average Bonchev–Trinajstić information content (AvgIpc) is 0.673. The number of allylic oxidation sites excluding steroid dienone is 2. The van der Waals surface area contributed by atoms with Gasteiger partial charge in [-0.2, -0.15) is 0 Å². The Labute approximate surface area is 551 Å². The van der Waals surface area contributed by atoms with Gasteiger partial charge in [0.1, 0.15) is 128 Å². The van der Waals surface area contributed by atoms with Crippen LogP contribution in [0.2, 0.25) is 0 Å². The highest BCUT2D eigenvalue weighted by Gasteiger charge is 2.71. The van der Waals surface area contributed by atoms with Crippen molar-refractivity contribution < 1.29 is 148 Å². The molecule has 5 aliphatic carbocycles. The van der Waals surface area contributed by atoms with Gasteiger partial charge in [-0.05, 0) is 123 Å². The Morgan fingerprint density at radius 2 is 1.04 bits per heavy atom. The van der Waals surface area contributed by atoms with Crippen molar-refractivity contribution >= 4 is 5.97 Å². The second-order valence-electron chi connectivity index (χ2n) is 31.4. The van der Waals surface area contributed by atoms with E-state index < -0.39 is 226 Å². The second-order valence-corrected chi connectivity index (χ2v) is 31.4. The van der Waals surface area contributed by atoms with E-state index in [-0.39, 0.29) is 40.6 Å². The fourth-order valence-corrected chi connectivity index (χ4v) is 19.0. The van der Waals surface area contributed by atoms with E-state index >= 15 is 4.79 Å². The standard InChI is InChI=1S/C65H106O30/c1-25-36(69)41(74)45(78)54(86-25)92-50-31(22-67)89-53(48(81)44(50)77)85-24-32-40(73)43(76)47(80)56(90-32)95-59(83)65-18-16-60(3,4)20-28(65)27-10-11-34-62(7)14-13-35(61(5,6)33(62)12-15-64(34,9)63(27,8)17-19-65)91-58-52(38(71)29(68)23-84-58)94-57-49(82)51(37(70)26(2)87-57)93-55-46(79)42(75)39(72)30(21-66)88-55/h10,25-26,28-58,66-82H,11-24H2,1-9H3/t25-,26-,28-,29-,30+,31+,32+,33-,34+,35?,36-,37-,38-,39+,40+,41+,42-,43-,44+,45+,46+,47+,48+,49+,50+,51+,52+,53+,54-,55-,56-,57-,58-,62-,63+,64+,65-/m0/s1. The quantitative estimate of drug-likeness (QED) is 0.0426. The van der Waals surface area contributed by atoms with Gasteiger partial charge in [-0.3, -0.25) is 4.79 Å². The topological polar surface area (TPSA) is 472 Å². The largest absolute Gasteiger partial charge is 0.432 e. The third-order valence-electron chi connectivity index (χ3n) is 25.2. The van der Waals surface area contributed by atoms with E-state index in [1.54, 1.807) is 0 Å². The van der Waals surface area contributed by atoms with Gasteiger partial charge in [0.15, 0.2) is 31.5 Å². The molecule has 30 nitrogen and oxygen atoms in total. The summed E-state index contributed by atoms with van der Waals surface area (Å²) in [6.07, 6.45) is -38.5. The average molecular weight is 1370 g/mol. The van der Waals surface area contributed by atoms with E-state index in [9.17, 15) is 86.8 Å². The Bertz CT molecular complexity index is 2670. The first-order chi connectivity index (χ1) is 44.5. The van der Waals surface area contributed by atoms with Crippen molar-refractivity contribution in [2.75, 3.05) is 26.4 Å². The van der Waals surface area contributed by atoms with Crippen molar-refractivity contribution in [3.8, 4) is 0 Å². The van der Waals surface area contributed by atoms with Gasteiger partial charge in [-0.15, -0.1) is 0 Å². The van der Waals surface area contributed by atoms with Gasteiger partial charge >= 0.3 is 5.97 Å². The minimum atomic E-state index is -1.91. The molecule has 37 atom stereocenters. The van der Waals surface area contributed by atoms with Crippen molar-refractivity contribution in [3.05, 3.63) is 11.6 Å². The van der Waals surface area contributed by atoms with Crippen LogP contribution >= 0.6 is 0 Å². The van der Waals surface area contributed by atoms with E-state index in [1.165, 1.54) is 19.4 Å². The number of carbonyl (C=O) groups is 1. The number of rotatable bonds is 15. The summed E-state index contributed by atoms with van der Waals surface area (Å²) in [6.45, 7) is 16.2.